The maximum absolute atomic E-state index is 12.1. The number of rotatable bonds is 5. The fraction of sp³-hybridized carbons (Fsp3) is 0.0526. The van der Waals surface area contributed by atoms with Gasteiger partial charge in [-0.1, -0.05) is 30.3 Å². The summed E-state index contributed by atoms with van der Waals surface area (Å²) in [6.07, 6.45) is 4.24. The third-order valence-electron chi connectivity index (χ3n) is 3.31. The smallest absolute Gasteiger partial charge is 0.276 e. The second kappa shape index (κ2) is 8.22. The van der Waals surface area contributed by atoms with Crippen molar-refractivity contribution in [2.24, 2.45) is 0 Å². The zero-order chi connectivity index (χ0) is 18.2. The monoisotopic (exact) mass is 333 g/mol. The minimum atomic E-state index is -0.541. The van der Waals surface area contributed by atoms with Gasteiger partial charge in [0.2, 0.25) is 0 Å². The van der Waals surface area contributed by atoms with E-state index in [1.54, 1.807) is 36.4 Å². The van der Waals surface area contributed by atoms with Crippen molar-refractivity contribution in [3.63, 3.8) is 0 Å². The average molecular weight is 333 g/mol. The minimum Gasteiger partial charge on any atom is -0.321 e. The van der Waals surface area contributed by atoms with Gasteiger partial charge in [0.15, 0.2) is 0 Å². The molecule has 124 valence electrons. The number of nitrogens with one attached hydrogen (secondary N) is 1. The molecule has 0 aliphatic carbocycles. The largest absolute Gasteiger partial charge is 0.321 e. The lowest BCUT2D eigenvalue weighted by molar-refractivity contribution is -0.385. The lowest BCUT2D eigenvalue weighted by Gasteiger charge is -2.04. The molecule has 2 rings (SSSR count). The van der Waals surface area contributed by atoms with Gasteiger partial charge >= 0.3 is 0 Å². The van der Waals surface area contributed by atoms with Crippen LogP contribution < -0.4 is 5.32 Å². The van der Waals surface area contributed by atoms with Gasteiger partial charge in [0.25, 0.3) is 11.6 Å². The Bertz CT molecular complexity index is 908. The molecular weight excluding hydrogens is 318 g/mol. The molecule has 0 saturated heterocycles. The molecule has 1 amide bonds. The number of aryl methyl sites for hydroxylation is 1. The molecule has 2 aromatic carbocycles. The molecule has 0 aliphatic heterocycles. The molecule has 0 atom stereocenters. The molecule has 6 nitrogen and oxygen atoms in total. The number of hydrogen-bond donors (Lipinski definition) is 1. The van der Waals surface area contributed by atoms with Crippen LogP contribution in [-0.4, -0.2) is 10.8 Å². The summed E-state index contributed by atoms with van der Waals surface area (Å²) in [5.41, 5.74) is 1.82. The number of para-hydroxylation sites is 1. The summed E-state index contributed by atoms with van der Waals surface area (Å²) in [7, 11) is 0. The second-order valence-corrected chi connectivity index (χ2v) is 5.19. The zero-order valence-corrected chi connectivity index (χ0v) is 13.5. The molecule has 2 aromatic rings. The Kier molecular flexibility index (Phi) is 5.80. The summed E-state index contributed by atoms with van der Waals surface area (Å²) in [5, 5.41) is 22.7. The van der Waals surface area contributed by atoms with Gasteiger partial charge in [0.05, 0.1) is 10.5 Å². The van der Waals surface area contributed by atoms with Gasteiger partial charge in [0, 0.05) is 11.8 Å². The van der Waals surface area contributed by atoms with Gasteiger partial charge < -0.3 is 5.32 Å². The third-order valence-corrected chi connectivity index (χ3v) is 3.31. The fourth-order valence-electron chi connectivity index (χ4n) is 2.13. The summed E-state index contributed by atoms with van der Waals surface area (Å²) in [5.74, 6) is -0.541. The van der Waals surface area contributed by atoms with Crippen molar-refractivity contribution in [2.75, 3.05) is 5.32 Å². The molecule has 0 heterocycles. The van der Waals surface area contributed by atoms with Gasteiger partial charge in [-0.25, -0.2) is 0 Å². The maximum atomic E-state index is 12.1. The highest BCUT2D eigenvalue weighted by Crippen LogP contribution is 2.19. The topological polar surface area (TPSA) is 96.0 Å². The van der Waals surface area contributed by atoms with E-state index in [2.05, 4.69) is 5.32 Å². The molecule has 6 heteroatoms. The van der Waals surface area contributed by atoms with Crippen LogP contribution in [0.5, 0.6) is 0 Å². The van der Waals surface area contributed by atoms with Crippen molar-refractivity contribution in [3.05, 3.63) is 87.5 Å². The highest BCUT2D eigenvalue weighted by atomic mass is 16.6. The molecule has 0 unspecified atom stereocenters. The predicted octanol–water partition coefficient (Wildman–Crippen LogP) is 4.01. The van der Waals surface area contributed by atoms with Gasteiger partial charge in [-0.3, -0.25) is 14.9 Å². The first kappa shape index (κ1) is 17.6. The van der Waals surface area contributed by atoms with Crippen LogP contribution in [0.4, 0.5) is 11.4 Å². The first-order valence-electron chi connectivity index (χ1n) is 7.41. The number of nitro groups is 1. The van der Waals surface area contributed by atoms with Crippen LogP contribution in [-0.2, 0) is 4.79 Å². The Hall–Kier alpha value is -3.72. The van der Waals surface area contributed by atoms with E-state index in [1.807, 2.05) is 19.1 Å². The molecular formula is C19H15N3O3. The van der Waals surface area contributed by atoms with Crippen molar-refractivity contribution < 1.29 is 9.72 Å². The van der Waals surface area contributed by atoms with E-state index in [-0.39, 0.29) is 11.3 Å². The normalized spacial score (nSPS) is 11.1. The number of benzene rings is 2. The summed E-state index contributed by atoms with van der Waals surface area (Å²) >= 11 is 0. The van der Waals surface area contributed by atoms with Crippen LogP contribution in [0.3, 0.4) is 0 Å². The predicted molar refractivity (Wildman–Crippen MR) is 95.6 cm³/mol. The van der Waals surface area contributed by atoms with Crippen LogP contribution in [0.2, 0.25) is 0 Å². The van der Waals surface area contributed by atoms with Crippen molar-refractivity contribution in [3.8, 4) is 6.07 Å². The highest BCUT2D eigenvalue weighted by molar-refractivity contribution is 6.06. The number of nitrogens with zero attached hydrogens (tertiary/aromatic N) is 2. The van der Waals surface area contributed by atoms with E-state index in [0.29, 0.717) is 11.3 Å². The van der Waals surface area contributed by atoms with Crippen molar-refractivity contribution >= 4 is 23.4 Å². The van der Waals surface area contributed by atoms with E-state index in [4.69, 9.17) is 5.26 Å². The van der Waals surface area contributed by atoms with Crippen molar-refractivity contribution in [2.45, 2.75) is 6.92 Å². The van der Waals surface area contributed by atoms with E-state index in [1.165, 1.54) is 24.3 Å². The SMILES string of the molecule is Cc1cccc(NC(=O)/C(C#N)=C/C=C/c2ccccc2[N+](=O)[O-])c1. The Balaban J connectivity index is 2.16. The number of carbonyl (C=O) groups is 1. The number of nitriles is 1. The fourth-order valence-corrected chi connectivity index (χ4v) is 2.13. The summed E-state index contributed by atoms with van der Waals surface area (Å²) in [6.45, 7) is 1.90. The summed E-state index contributed by atoms with van der Waals surface area (Å²) < 4.78 is 0. The average Bonchev–Trinajstić information content (AvgIpc) is 2.59. The van der Waals surface area contributed by atoms with Gasteiger partial charge in [0.1, 0.15) is 11.6 Å². The molecule has 25 heavy (non-hydrogen) atoms. The summed E-state index contributed by atoms with van der Waals surface area (Å²) in [4.78, 5) is 22.6. The number of nitro benzene ring substituents is 1. The molecule has 0 bridgehead atoms. The van der Waals surface area contributed by atoms with Gasteiger partial charge in [-0.15, -0.1) is 0 Å². The van der Waals surface area contributed by atoms with Gasteiger partial charge in [-0.05, 0) is 42.8 Å². The Morgan fingerprint density at radius 3 is 2.68 bits per heavy atom. The molecule has 0 spiro atoms. The first-order valence-corrected chi connectivity index (χ1v) is 7.41. The quantitative estimate of drug-likeness (QED) is 0.294. The standard InChI is InChI=1S/C19H15N3O3/c1-14-6-4-10-17(12-14)21-19(23)16(13-20)9-5-8-15-7-2-3-11-18(15)22(24)25/h2-12H,1H3,(H,21,23)/b8-5+,16-9+. The van der Waals surface area contributed by atoms with E-state index >= 15 is 0 Å². The van der Waals surface area contributed by atoms with Gasteiger partial charge in [-0.2, -0.15) is 5.26 Å². The van der Waals surface area contributed by atoms with E-state index in [9.17, 15) is 14.9 Å². The van der Waals surface area contributed by atoms with Crippen molar-refractivity contribution in [1.29, 1.82) is 5.26 Å². The van der Waals surface area contributed by atoms with Crippen LogP contribution in [0.1, 0.15) is 11.1 Å². The number of anilines is 1. The second-order valence-electron chi connectivity index (χ2n) is 5.19. The zero-order valence-electron chi connectivity index (χ0n) is 13.5. The number of hydrogen-bond acceptors (Lipinski definition) is 4. The lowest BCUT2D eigenvalue weighted by Crippen LogP contribution is -2.13. The first-order chi connectivity index (χ1) is 12.0. The molecule has 0 saturated carbocycles. The molecule has 0 aromatic heterocycles. The minimum absolute atomic E-state index is 0.0464. The van der Waals surface area contributed by atoms with Crippen LogP contribution in [0, 0.1) is 28.4 Å². The Labute approximate surface area is 144 Å². The lowest BCUT2D eigenvalue weighted by atomic mass is 10.1. The van der Waals surface area contributed by atoms with Crippen LogP contribution >= 0.6 is 0 Å². The summed E-state index contributed by atoms with van der Waals surface area (Å²) in [6, 6.07) is 15.2. The number of carbonyl (C=O) groups excluding carboxylic acids is 1. The van der Waals surface area contributed by atoms with Crippen LogP contribution in [0.15, 0.2) is 66.3 Å². The molecule has 1 N–H and O–H groups in total. The van der Waals surface area contributed by atoms with E-state index in [0.717, 1.165) is 5.56 Å². The van der Waals surface area contributed by atoms with Crippen LogP contribution in [0.25, 0.3) is 6.08 Å². The van der Waals surface area contributed by atoms with Crippen molar-refractivity contribution in [1.82, 2.24) is 0 Å². The molecule has 0 aliphatic rings. The number of amides is 1. The Morgan fingerprint density at radius 2 is 2.00 bits per heavy atom. The molecule has 0 radical (unpaired) electrons. The molecule has 0 fully saturated rings. The maximum Gasteiger partial charge on any atom is 0.276 e. The van der Waals surface area contributed by atoms with E-state index < -0.39 is 10.8 Å². The third kappa shape index (κ3) is 4.88. The highest BCUT2D eigenvalue weighted by Gasteiger charge is 2.10. The number of allylic oxidation sites excluding steroid dienone is 2. The Morgan fingerprint density at radius 1 is 1.24 bits per heavy atom.